The van der Waals surface area contributed by atoms with Crippen LogP contribution in [0.5, 0.6) is 0 Å². The first-order chi connectivity index (χ1) is 14.9. The number of benzene rings is 3. The van der Waals surface area contributed by atoms with Crippen LogP contribution in [0, 0.1) is 0 Å². The molecule has 0 unspecified atom stereocenters. The van der Waals surface area contributed by atoms with E-state index in [-0.39, 0.29) is 21.0 Å². The number of alkyl halides is 3. The molecule has 164 valence electrons. The van der Waals surface area contributed by atoms with Crippen LogP contribution in [-0.4, -0.2) is 20.2 Å². The highest BCUT2D eigenvalue weighted by Crippen LogP contribution is 2.43. The zero-order valence-corrected chi connectivity index (χ0v) is 18.0. The average Bonchev–Trinajstić information content (AvgIpc) is 2.98. The van der Waals surface area contributed by atoms with E-state index in [9.17, 15) is 31.2 Å². The van der Waals surface area contributed by atoms with Crippen molar-refractivity contribution < 1.29 is 31.2 Å². The Bertz CT molecular complexity index is 1350. The Labute approximate surface area is 189 Å². The van der Waals surface area contributed by atoms with Crippen molar-refractivity contribution in [1.29, 1.82) is 0 Å². The highest BCUT2D eigenvalue weighted by atomic mass is 35.5. The fourth-order valence-electron chi connectivity index (χ4n) is 3.30. The fourth-order valence-corrected chi connectivity index (χ4v) is 5.21. The summed E-state index contributed by atoms with van der Waals surface area (Å²) in [7, 11) is -4.50. The summed E-state index contributed by atoms with van der Waals surface area (Å²) in [6.45, 7) is 0. The van der Waals surface area contributed by atoms with Gasteiger partial charge in [0.1, 0.15) is 0 Å². The Morgan fingerprint density at radius 2 is 1.34 bits per heavy atom. The van der Waals surface area contributed by atoms with Crippen LogP contribution >= 0.6 is 23.2 Å². The molecule has 2 amide bonds. The lowest BCUT2D eigenvalue weighted by Crippen LogP contribution is -2.31. The van der Waals surface area contributed by atoms with Crippen LogP contribution in [0.1, 0.15) is 26.3 Å². The number of rotatable bonds is 3. The van der Waals surface area contributed by atoms with Crippen molar-refractivity contribution in [2.45, 2.75) is 16.0 Å². The molecular weight excluding hydrogens is 490 g/mol. The van der Waals surface area contributed by atoms with Crippen molar-refractivity contribution in [2.75, 3.05) is 4.90 Å². The largest absolute Gasteiger partial charge is 0.417 e. The molecule has 1 aliphatic heterocycles. The number of imide groups is 1. The lowest BCUT2D eigenvalue weighted by atomic mass is 10.1. The Balaban J connectivity index is 2.00. The van der Waals surface area contributed by atoms with E-state index in [2.05, 4.69) is 0 Å². The summed E-state index contributed by atoms with van der Waals surface area (Å²) in [6, 6.07) is 11.4. The fraction of sp³-hybridized carbons (Fsp3) is 0.0476. The first-order valence-corrected chi connectivity index (χ1v) is 11.1. The Hall–Kier alpha value is -2.88. The van der Waals surface area contributed by atoms with Gasteiger partial charge >= 0.3 is 6.18 Å². The molecule has 0 aliphatic carbocycles. The molecule has 0 aromatic heterocycles. The van der Waals surface area contributed by atoms with Crippen LogP contribution in [0.25, 0.3) is 0 Å². The standard InChI is InChI=1S/C21H10Cl2F3NO4S/c22-11-5-7-12(8-6-11)32(30,31)18-10-16(23)15(21(24,25)26)9-17(18)27-19(28)13-3-1-2-4-14(13)20(27)29/h1-10H. The topological polar surface area (TPSA) is 71.5 Å². The number of nitrogens with zero attached hydrogens (tertiary/aromatic N) is 1. The summed E-state index contributed by atoms with van der Waals surface area (Å²) in [5.41, 5.74) is -2.25. The van der Waals surface area contributed by atoms with Gasteiger partial charge in [0.15, 0.2) is 0 Å². The zero-order valence-electron chi connectivity index (χ0n) is 15.7. The van der Waals surface area contributed by atoms with E-state index in [0.29, 0.717) is 17.0 Å². The van der Waals surface area contributed by atoms with E-state index in [4.69, 9.17) is 23.2 Å². The van der Waals surface area contributed by atoms with Gasteiger partial charge in [-0.1, -0.05) is 35.3 Å². The van der Waals surface area contributed by atoms with E-state index in [1.165, 1.54) is 36.4 Å². The maximum Gasteiger partial charge on any atom is 0.417 e. The van der Waals surface area contributed by atoms with Crippen molar-refractivity contribution >= 4 is 50.5 Å². The predicted molar refractivity (Wildman–Crippen MR) is 111 cm³/mol. The summed E-state index contributed by atoms with van der Waals surface area (Å²) in [4.78, 5) is 25.2. The van der Waals surface area contributed by atoms with Crippen LogP contribution < -0.4 is 4.90 Å². The molecule has 0 saturated carbocycles. The third-order valence-corrected chi connectivity index (χ3v) is 7.17. The SMILES string of the molecule is O=C1c2ccccc2C(=O)N1c1cc(C(F)(F)F)c(Cl)cc1S(=O)(=O)c1ccc(Cl)cc1. The molecule has 0 bridgehead atoms. The number of sulfone groups is 1. The lowest BCUT2D eigenvalue weighted by Gasteiger charge is -2.21. The Kier molecular flexibility index (Phi) is 5.31. The number of carbonyl (C=O) groups is 2. The van der Waals surface area contributed by atoms with Gasteiger partial charge in [-0.3, -0.25) is 9.59 Å². The van der Waals surface area contributed by atoms with Crippen molar-refractivity contribution in [1.82, 2.24) is 0 Å². The number of halogens is 5. The van der Waals surface area contributed by atoms with Gasteiger partial charge in [0.25, 0.3) is 11.8 Å². The van der Waals surface area contributed by atoms with E-state index in [1.807, 2.05) is 0 Å². The first-order valence-electron chi connectivity index (χ1n) is 8.82. The molecule has 32 heavy (non-hydrogen) atoms. The van der Waals surface area contributed by atoms with E-state index >= 15 is 0 Å². The van der Waals surface area contributed by atoms with Crippen LogP contribution in [0.4, 0.5) is 18.9 Å². The van der Waals surface area contributed by atoms with Crippen molar-refractivity contribution in [2.24, 2.45) is 0 Å². The third kappa shape index (κ3) is 3.56. The van der Waals surface area contributed by atoms with Crippen molar-refractivity contribution in [3.05, 3.63) is 87.4 Å². The number of hydrogen-bond acceptors (Lipinski definition) is 4. The van der Waals surface area contributed by atoms with Gasteiger partial charge in [0.2, 0.25) is 9.84 Å². The monoisotopic (exact) mass is 499 g/mol. The molecule has 3 aromatic rings. The normalized spacial score (nSPS) is 14.1. The zero-order chi connectivity index (χ0) is 23.4. The second-order valence-electron chi connectivity index (χ2n) is 6.75. The Morgan fingerprint density at radius 1 is 0.812 bits per heavy atom. The van der Waals surface area contributed by atoms with Crippen molar-refractivity contribution in [3.63, 3.8) is 0 Å². The highest BCUT2D eigenvalue weighted by Gasteiger charge is 2.42. The summed E-state index contributed by atoms with van der Waals surface area (Å²) in [5, 5.41) is -0.666. The minimum absolute atomic E-state index is 0.0594. The summed E-state index contributed by atoms with van der Waals surface area (Å²) in [6.07, 6.45) is -4.97. The maximum atomic E-state index is 13.5. The minimum Gasteiger partial charge on any atom is -0.268 e. The van der Waals surface area contributed by atoms with Crippen LogP contribution in [0.15, 0.2) is 70.5 Å². The van der Waals surface area contributed by atoms with Gasteiger partial charge < -0.3 is 0 Å². The van der Waals surface area contributed by atoms with Gasteiger partial charge in [-0.25, -0.2) is 13.3 Å². The molecule has 1 heterocycles. The molecule has 4 rings (SSSR count). The number of anilines is 1. The summed E-state index contributed by atoms with van der Waals surface area (Å²) in [5.74, 6) is -1.90. The van der Waals surface area contributed by atoms with Crippen LogP contribution in [0.2, 0.25) is 10.0 Å². The molecule has 5 nitrogen and oxygen atoms in total. The highest BCUT2D eigenvalue weighted by molar-refractivity contribution is 7.91. The number of carbonyl (C=O) groups excluding carboxylic acids is 2. The van der Waals surface area contributed by atoms with Gasteiger partial charge in [-0.15, -0.1) is 0 Å². The van der Waals surface area contributed by atoms with Gasteiger partial charge in [-0.2, -0.15) is 13.2 Å². The molecular formula is C21H10Cl2F3NO4S. The number of hydrogen-bond donors (Lipinski definition) is 0. The quantitative estimate of drug-likeness (QED) is 0.436. The molecule has 11 heteroatoms. The predicted octanol–water partition coefficient (Wildman–Crippen LogP) is 5.65. The van der Waals surface area contributed by atoms with Gasteiger partial charge in [0, 0.05) is 5.02 Å². The third-order valence-electron chi connectivity index (χ3n) is 4.80. The molecule has 0 N–H and O–H groups in total. The number of amides is 2. The van der Waals surface area contributed by atoms with E-state index in [1.54, 1.807) is 0 Å². The molecule has 0 fully saturated rings. The van der Waals surface area contributed by atoms with Crippen molar-refractivity contribution in [3.8, 4) is 0 Å². The molecule has 0 radical (unpaired) electrons. The second-order valence-corrected chi connectivity index (χ2v) is 9.51. The van der Waals surface area contributed by atoms with E-state index < -0.39 is 49.0 Å². The summed E-state index contributed by atoms with van der Waals surface area (Å²) < 4.78 is 67.2. The average molecular weight is 500 g/mol. The minimum atomic E-state index is -4.97. The molecule has 0 atom stereocenters. The summed E-state index contributed by atoms with van der Waals surface area (Å²) >= 11 is 11.6. The maximum absolute atomic E-state index is 13.5. The van der Waals surface area contributed by atoms with Crippen LogP contribution in [-0.2, 0) is 16.0 Å². The van der Waals surface area contributed by atoms with E-state index in [0.717, 1.165) is 12.1 Å². The van der Waals surface area contributed by atoms with Gasteiger partial charge in [0.05, 0.1) is 37.2 Å². The molecule has 0 saturated heterocycles. The molecule has 3 aromatic carbocycles. The first kappa shape index (κ1) is 22.3. The van der Waals surface area contributed by atoms with Crippen LogP contribution in [0.3, 0.4) is 0 Å². The molecule has 1 aliphatic rings. The Morgan fingerprint density at radius 3 is 1.84 bits per heavy atom. The second kappa shape index (κ2) is 7.61. The lowest BCUT2D eigenvalue weighted by molar-refractivity contribution is -0.137. The molecule has 0 spiro atoms. The van der Waals surface area contributed by atoms with Gasteiger partial charge in [-0.05, 0) is 48.5 Å². The number of fused-ring (bicyclic) bond motifs is 1. The smallest absolute Gasteiger partial charge is 0.268 e.